The molecule has 1 saturated heterocycles. The highest BCUT2D eigenvalue weighted by molar-refractivity contribution is 6.03. The Hall–Kier alpha value is -1.88. The molecule has 26 heavy (non-hydrogen) atoms. The van der Waals surface area contributed by atoms with E-state index in [0.29, 0.717) is 0 Å². The fourth-order valence-corrected chi connectivity index (χ4v) is 3.14. The van der Waals surface area contributed by atoms with Gasteiger partial charge in [0.05, 0.1) is 25.3 Å². The molecule has 1 aromatic carbocycles. The molecule has 5 atom stereocenters. The number of benzene rings is 1. The van der Waals surface area contributed by atoms with Gasteiger partial charge in [0.2, 0.25) is 0 Å². The van der Waals surface area contributed by atoms with Crippen LogP contribution in [0, 0.1) is 0 Å². The van der Waals surface area contributed by atoms with E-state index in [0.717, 1.165) is 5.56 Å². The van der Waals surface area contributed by atoms with Crippen LogP contribution < -0.4 is 0 Å². The van der Waals surface area contributed by atoms with Gasteiger partial charge in [0.15, 0.2) is 12.5 Å². The van der Waals surface area contributed by atoms with Crippen LogP contribution in [0.25, 0.3) is 0 Å². The maximum absolute atomic E-state index is 11.5. The van der Waals surface area contributed by atoms with E-state index in [2.05, 4.69) is 5.10 Å². The molecule has 2 aliphatic rings. The zero-order valence-electron chi connectivity index (χ0n) is 14.3. The van der Waals surface area contributed by atoms with E-state index in [-0.39, 0.29) is 24.5 Å². The summed E-state index contributed by atoms with van der Waals surface area (Å²) in [5.74, 6) is -0.162. The predicted molar refractivity (Wildman–Crippen MR) is 90.3 cm³/mol. The van der Waals surface area contributed by atoms with Crippen LogP contribution in [0.4, 0.5) is 0 Å². The molecule has 0 amide bonds. The number of hydrogen-bond donors (Lipinski definition) is 4. The van der Waals surface area contributed by atoms with Gasteiger partial charge in [-0.25, -0.2) is 5.12 Å². The Labute approximate surface area is 150 Å². The normalized spacial score (nSPS) is 32.1. The Kier molecular flexibility index (Phi) is 5.66. The van der Waals surface area contributed by atoms with Gasteiger partial charge in [0.25, 0.3) is 0 Å². The van der Waals surface area contributed by atoms with Crippen molar-refractivity contribution in [3.63, 3.8) is 0 Å². The van der Waals surface area contributed by atoms with Crippen molar-refractivity contribution in [2.75, 3.05) is 6.61 Å². The van der Waals surface area contributed by atoms with Crippen molar-refractivity contribution in [3.8, 4) is 0 Å². The van der Waals surface area contributed by atoms with Crippen molar-refractivity contribution in [1.29, 1.82) is 0 Å². The van der Waals surface area contributed by atoms with Gasteiger partial charge >= 0.3 is 0 Å². The first-order chi connectivity index (χ1) is 12.4. The summed E-state index contributed by atoms with van der Waals surface area (Å²) in [5.41, 5.74) is 1.12. The summed E-state index contributed by atoms with van der Waals surface area (Å²) < 4.78 is 5.53. The molecule has 0 spiro atoms. The molecule has 3 rings (SSSR count). The molecule has 0 radical (unpaired) electrons. The van der Waals surface area contributed by atoms with Gasteiger partial charge in [-0.2, -0.15) is 5.10 Å². The summed E-state index contributed by atoms with van der Waals surface area (Å²) in [6.45, 7) is 1.19. The zero-order valence-corrected chi connectivity index (χ0v) is 14.3. The van der Waals surface area contributed by atoms with Crippen molar-refractivity contribution >= 4 is 11.5 Å². The van der Waals surface area contributed by atoms with E-state index in [1.165, 1.54) is 17.1 Å². The first kappa shape index (κ1) is 18.9. The zero-order chi connectivity index (χ0) is 18.8. The number of carbonyl (C=O) groups is 1. The average molecular weight is 365 g/mol. The third-order valence-corrected chi connectivity index (χ3v) is 4.43. The van der Waals surface area contributed by atoms with Crippen molar-refractivity contribution in [1.82, 2.24) is 10.1 Å². The van der Waals surface area contributed by atoms with Crippen molar-refractivity contribution in [3.05, 3.63) is 35.9 Å². The highest BCUT2D eigenvalue weighted by atomic mass is 16.6. The topological polar surface area (TPSA) is 126 Å². The largest absolute Gasteiger partial charge is 0.394 e. The van der Waals surface area contributed by atoms with Crippen LogP contribution in [0.5, 0.6) is 0 Å². The highest BCUT2D eigenvalue weighted by Crippen LogP contribution is 2.31. The van der Waals surface area contributed by atoms with E-state index in [1.54, 1.807) is 0 Å². The summed E-state index contributed by atoms with van der Waals surface area (Å²) in [4.78, 5) is 11.5. The van der Waals surface area contributed by atoms with E-state index in [4.69, 9.17) is 4.74 Å². The van der Waals surface area contributed by atoms with E-state index >= 15 is 0 Å². The lowest BCUT2D eigenvalue weighted by Gasteiger charge is -2.35. The van der Waals surface area contributed by atoms with E-state index in [9.17, 15) is 25.2 Å². The minimum atomic E-state index is -1.35. The lowest BCUT2D eigenvalue weighted by molar-refractivity contribution is -0.220. The third-order valence-electron chi connectivity index (χ3n) is 4.43. The number of hydrazine groups is 1. The van der Waals surface area contributed by atoms with Crippen molar-refractivity contribution in [2.24, 2.45) is 5.10 Å². The fourth-order valence-electron chi connectivity index (χ4n) is 3.14. The van der Waals surface area contributed by atoms with Crippen LogP contribution in [0.2, 0.25) is 0 Å². The number of carbonyl (C=O) groups excluding carboxylic acids is 1. The Bertz CT molecular complexity index is 670. The summed E-state index contributed by atoms with van der Waals surface area (Å²) in [5, 5.41) is 47.3. The number of nitrogens with zero attached hydrogens (tertiary/aromatic N) is 3. The number of ketones is 1. The molecule has 142 valence electrons. The van der Waals surface area contributed by atoms with Gasteiger partial charge in [0, 0.05) is 0 Å². The second-order valence-corrected chi connectivity index (χ2v) is 6.47. The number of aliphatic hydroxyl groups is 4. The van der Waals surface area contributed by atoms with Crippen molar-refractivity contribution in [2.45, 2.75) is 50.7 Å². The molecule has 0 saturated carbocycles. The van der Waals surface area contributed by atoms with Crippen LogP contribution in [-0.4, -0.2) is 79.4 Å². The number of hydrogen-bond acceptors (Lipinski definition) is 9. The lowest BCUT2D eigenvalue weighted by Crippen LogP contribution is -2.54. The second kappa shape index (κ2) is 7.78. The highest BCUT2D eigenvalue weighted by Gasteiger charge is 2.51. The second-order valence-electron chi connectivity index (χ2n) is 6.47. The number of aliphatic hydroxyl groups excluding tert-OH is 4. The van der Waals surface area contributed by atoms with Crippen LogP contribution in [0.1, 0.15) is 18.9 Å². The molecule has 2 aliphatic heterocycles. The van der Waals surface area contributed by atoms with Crippen LogP contribution in [0.3, 0.4) is 0 Å². The van der Waals surface area contributed by atoms with Gasteiger partial charge in [-0.05, 0) is 12.5 Å². The number of Topliss-reactive ketones (excluding diaryl/α,β-unsaturated/α-hetero) is 1. The summed E-state index contributed by atoms with van der Waals surface area (Å²) in [6, 6.07) is 9.34. The van der Waals surface area contributed by atoms with E-state index < -0.39 is 37.4 Å². The molecular weight excluding hydrogens is 342 g/mol. The molecule has 0 bridgehead atoms. The molecule has 9 nitrogen and oxygen atoms in total. The Balaban J connectivity index is 1.86. The molecule has 0 aromatic heterocycles. The van der Waals surface area contributed by atoms with Gasteiger partial charge in [-0.3, -0.25) is 4.79 Å². The first-order valence-electron chi connectivity index (χ1n) is 8.39. The summed E-state index contributed by atoms with van der Waals surface area (Å²) in [6.07, 6.45) is -6.07. The first-order valence-corrected chi connectivity index (χ1v) is 8.39. The molecule has 1 aromatic rings. The van der Waals surface area contributed by atoms with Gasteiger partial charge in [0.1, 0.15) is 24.1 Å². The third kappa shape index (κ3) is 3.63. The minimum Gasteiger partial charge on any atom is -0.394 e. The van der Waals surface area contributed by atoms with Crippen LogP contribution in [0.15, 0.2) is 35.4 Å². The molecule has 2 heterocycles. The molecular formula is C17H23N3O6. The lowest BCUT2D eigenvalue weighted by atomic mass is 10.1. The van der Waals surface area contributed by atoms with E-state index in [1.807, 2.05) is 30.3 Å². The van der Waals surface area contributed by atoms with Gasteiger partial charge in [-0.1, -0.05) is 30.3 Å². The molecule has 1 unspecified atom stereocenters. The summed E-state index contributed by atoms with van der Waals surface area (Å²) in [7, 11) is 0. The van der Waals surface area contributed by atoms with Gasteiger partial charge in [-0.15, -0.1) is 5.01 Å². The number of hydrazone groups is 1. The SMILES string of the molecule is CC(=O)CC1=NN(Cc2ccccc2)N([C@@H]2O[C@H](CO)[C@H](O)[C@@H]2O)C1O. The standard InChI is InChI=1S/C17H23N3O6/c1-10(22)7-12-16(25)20(17-15(24)14(23)13(9-21)26-17)19(18-12)8-11-5-3-2-4-6-11/h2-6,13-17,21,23-25H,7-9H2,1H3/t13-,14+,15+,16?,17-/m1/s1. The van der Waals surface area contributed by atoms with Crippen LogP contribution in [-0.2, 0) is 16.1 Å². The average Bonchev–Trinajstić information content (AvgIpc) is 3.05. The molecule has 4 N–H and O–H groups in total. The maximum Gasteiger partial charge on any atom is 0.169 e. The number of ether oxygens (including phenoxy) is 1. The minimum absolute atomic E-state index is 0.0439. The summed E-state index contributed by atoms with van der Waals surface area (Å²) >= 11 is 0. The quantitative estimate of drug-likeness (QED) is 0.496. The molecule has 1 fully saturated rings. The Morgan fingerprint density at radius 1 is 1.19 bits per heavy atom. The predicted octanol–water partition coefficient (Wildman–Crippen LogP) is -1.19. The van der Waals surface area contributed by atoms with Gasteiger partial charge < -0.3 is 25.2 Å². The Morgan fingerprint density at radius 3 is 2.46 bits per heavy atom. The van der Waals surface area contributed by atoms with Crippen LogP contribution >= 0.6 is 0 Å². The maximum atomic E-state index is 11.5. The smallest absolute Gasteiger partial charge is 0.169 e. The monoisotopic (exact) mass is 365 g/mol. The fraction of sp³-hybridized carbons (Fsp3) is 0.529. The Morgan fingerprint density at radius 2 is 1.88 bits per heavy atom. The van der Waals surface area contributed by atoms with Crippen molar-refractivity contribution < 1.29 is 30.0 Å². The molecule has 9 heteroatoms. The number of rotatable bonds is 6. The molecule has 0 aliphatic carbocycles.